The third-order valence-electron chi connectivity index (χ3n) is 3.11. The van der Waals surface area contributed by atoms with Crippen LogP contribution in [0.5, 0.6) is 0 Å². The molecule has 5 nitrogen and oxygen atoms in total. The molecule has 1 aromatic heterocycles. The molecule has 0 aliphatic heterocycles. The van der Waals surface area contributed by atoms with Crippen molar-refractivity contribution in [2.24, 2.45) is 16.3 Å². The number of amidine groups is 1. The van der Waals surface area contributed by atoms with Crippen LogP contribution in [0.25, 0.3) is 0 Å². The number of thioether (sulfide) groups is 1. The highest BCUT2D eigenvalue weighted by atomic mass is 32.2. The Morgan fingerprint density at radius 3 is 2.56 bits per heavy atom. The fraction of sp³-hybridized carbons (Fsp3) is 0.583. The van der Waals surface area contributed by atoms with Gasteiger partial charge in [-0.3, -0.25) is 0 Å². The summed E-state index contributed by atoms with van der Waals surface area (Å²) in [6, 6.07) is 1.97. The molecule has 0 radical (unpaired) electrons. The first-order valence-corrected chi connectivity index (χ1v) is 6.93. The smallest absolute Gasteiger partial charge is 0.187 e. The fourth-order valence-electron chi connectivity index (χ4n) is 1.94. The summed E-state index contributed by atoms with van der Waals surface area (Å²) in [5.74, 6) is 1.24. The van der Waals surface area contributed by atoms with Gasteiger partial charge in [-0.1, -0.05) is 16.9 Å². The standard InChI is InChI=1S/C12H18N4OS/c1-8-5-9(2)15-11(14-8)18-7-12(3-4-12)6-10(13)16-17/h5,17H,3-4,6-7H2,1-2H3,(H2,13,16). The molecule has 0 aromatic carbocycles. The zero-order chi connectivity index (χ0) is 13.2. The van der Waals surface area contributed by atoms with Gasteiger partial charge in [0.1, 0.15) is 5.84 Å². The van der Waals surface area contributed by atoms with E-state index < -0.39 is 0 Å². The maximum atomic E-state index is 8.62. The average Bonchev–Trinajstić information content (AvgIpc) is 3.05. The number of nitrogens with two attached hydrogens (primary N) is 1. The lowest BCUT2D eigenvalue weighted by molar-refractivity contribution is 0.315. The molecule has 1 saturated carbocycles. The quantitative estimate of drug-likeness (QED) is 0.213. The molecule has 3 N–H and O–H groups in total. The molecule has 0 bridgehead atoms. The summed E-state index contributed by atoms with van der Waals surface area (Å²) in [5, 5.41) is 12.5. The van der Waals surface area contributed by atoms with Crippen molar-refractivity contribution in [1.29, 1.82) is 0 Å². The number of nitrogens with zero attached hydrogens (tertiary/aromatic N) is 3. The lowest BCUT2D eigenvalue weighted by Crippen LogP contribution is -2.19. The second kappa shape index (κ2) is 5.14. The first-order valence-electron chi connectivity index (χ1n) is 5.94. The van der Waals surface area contributed by atoms with E-state index in [-0.39, 0.29) is 5.41 Å². The lowest BCUT2D eigenvalue weighted by atomic mass is 10.1. The molecule has 0 spiro atoms. The highest BCUT2D eigenvalue weighted by Crippen LogP contribution is 2.51. The van der Waals surface area contributed by atoms with Crippen LogP contribution in [0, 0.1) is 19.3 Å². The number of hydrogen-bond donors (Lipinski definition) is 2. The van der Waals surface area contributed by atoms with Crippen molar-refractivity contribution in [1.82, 2.24) is 9.97 Å². The molecule has 0 atom stereocenters. The number of rotatable bonds is 5. The van der Waals surface area contributed by atoms with Gasteiger partial charge in [0.2, 0.25) is 0 Å². The van der Waals surface area contributed by atoms with Crippen LogP contribution in [-0.4, -0.2) is 26.8 Å². The predicted octanol–water partition coefficient (Wildman–Crippen LogP) is 2.10. The van der Waals surface area contributed by atoms with Crippen molar-refractivity contribution >= 4 is 17.6 Å². The van der Waals surface area contributed by atoms with E-state index in [0.29, 0.717) is 12.3 Å². The first-order chi connectivity index (χ1) is 8.53. The van der Waals surface area contributed by atoms with Crippen LogP contribution < -0.4 is 5.73 Å². The van der Waals surface area contributed by atoms with Crippen LogP contribution in [-0.2, 0) is 0 Å². The Morgan fingerprint density at radius 2 is 2.06 bits per heavy atom. The molecule has 1 aromatic rings. The predicted molar refractivity (Wildman–Crippen MR) is 71.9 cm³/mol. The van der Waals surface area contributed by atoms with Gasteiger partial charge in [0.15, 0.2) is 5.16 Å². The van der Waals surface area contributed by atoms with Gasteiger partial charge in [-0.25, -0.2) is 9.97 Å². The summed E-state index contributed by atoms with van der Waals surface area (Å²) in [6.45, 7) is 3.95. The zero-order valence-corrected chi connectivity index (χ0v) is 11.5. The van der Waals surface area contributed by atoms with Gasteiger partial charge in [0, 0.05) is 23.6 Å². The summed E-state index contributed by atoms with van der Waals surface area (Å²) in [6.07, 6.45) is 2.91. The van der Waals surface area contributed by atoms with Crippen molar-refractivity contribution < 1.29 is 5.21 Å². The summed E-state index contributed by atoms with van der Waals surface area (Å²) in [5.41, 5.74) is 7.74. The van der Waals surface area contributed by atoms with Gasteiger partial charge in [0.05, 0.1) is 0 Å². The number of oxime groups is 1. The first kappa shape index (κ1) is 13.1. The second-order valence-corrected chi connectivity index (χ2v) is 5.93. The minimum absolute atomic E-state index is 0.183. The number of aryl methyl sites for hydroxylation is 2. The molecule has 2 rings (SSSR count). The van der Waals surface area contributed by atoms with Gasteiger partial charge in [-0.2, -0.15) is 0 Å². The largest absolute Gasteiger partial charge is 0.409 e. The summed E-state index contributed by atoms with van der Waals surface area (Å²) < 4.78 is 0. The highest BCUT2D eigenvalue weighted by molar-refractivity contribution is 7.99. The summed E-state index contributed by atoms with van der Waals surface area (Å²) >= 11 is 1.66. The van der Waals surface area contributed by atoms with Crippen LogP contribution in [0.1, 0.15) is 30.7 Å². The summed E-state index contributed by atoms with van der Waals surface area (Å²) in [4.78, 5) is 8.81. The van der Waals surface area contributed by atoms with Gasteiger partial charge in [0.25, 0.3) is 0 Å². The molecular formula is C12H18N4OS. The topological polar surface area (TPSA) is 84.4 Å². The molecule has 0 saturated heterocycles. The van der Waals surface area contributed by atoms with Crippen LogP contribution in [0.3, 0.4) is 0 Å². The third-order valence-corrected chi connectivity index (χ3v) is 4.31. The van der Waals surface area contributed by atoms with Gasteiger partial charge < -0.3 is 10.9 Å². The molecular weight excluding hydrogens is 248 g/mol. The van der Waals surface area contributed by atoms with E-state index in [4.69, 9.17) is 10.9 Å². The van der Waals surface area contributed by atoms with Crippen LogP contribution in [0.15, 0.2) is 16.4 Å². The van der Waals surface area contributed by atoms with Gasteiger partial charge in [-0.05, 0) is 38.2 Å². The third kappa shape index (κ3) is 3.35. The van der Waals surface area contributed by atoms with Crippen molar-refractivity contribution in [3.63, 3.8) is 0 Å². The molecule has 0 amide bonds. The molecule has 18 heavy (non-hydrogen) atoms. The number of aromatic nitrogens is 2. The van der Waals surface area contributed by atoms with E-state index in [2.05, 4.69) is 15.1 Å². The minimum atomic E-state index is 0.183. The Hall–Kier alpha value is -1.30. The monoisotopic (exact) mass is 266 g/mol. The van der Waals surface area contributed by atoms with E-state index >= 15 is 0 Å². The second-order valence-electron chi connectivity index (χ2n) is 4.99. The normalized spacial score (nSPS) is 17.8. The number of hydrogen-bond acceptors (Lipinski definition) is 5. The molecule has 98 valence electrons. The highest BCUT2D eigenvalue weighted by Gasteiger charge is 2.43. The minimum Gasteiger partial charge on any atom is -0.409 e. The van der Waals surface area contributed by atoms with Crippen LogP contribution >= 0.6 is 11.8 Å². The SMILES string of the molecule is Cc1cc(C)nc(SCC2(CC(N)=NO)CC2)n1. The Labute approximate surface area is 111 Å². The average molecular weight is 266 g/mol. The van der Waals surface area contributed by atoms with E-state index in [1.165, 1.54) is 0 Å². The van der Waals surface area contributed by atoms with E-state index in [9.17, 15) is 0 Å². The van der Waals surface area contributed by atoms with E-state index in [0.717, 1.165) is 35.1 Å². The molecule has 1 heterocycles. The maximum absolute atomic E-state index is 8.62. The van der Waals surface area contributed by atoms with Gasteiger partial charge in [-0.15, -0.1) is 0 Å². The Bertz CT molecular complexity index is 451. The Kier molecular flexibility index (Phi) is 3.75. The fourth-order valence-corrected chi connectivity index (χ4v) is 3.19. The summed E-state index contributed by atoms with van der Waals surface area (Å²) in [7, 11) is 0. The molecule has 1 aliphatic carbocycles. The zero-order valence-electron chi connectivity index (χ0n) is 10.7. The van der Waals surface area contributed by atoms with Crippen molar-refractivity contribution in [3.8, 4) is 0 Å². The van der Waals surface area contributed by atoms with Crippen molar-refractivity contribution in [2.45, 2.75) is 38.3 Å². The van der Waals surface area contributed by atoms with E-state index in [1.807, 2.05) is 19.9 Å². The van der Waals surface area contributed by atoms with Crippen LogP contribution in [0.2, 0.25) is 0 Å². The Balaban J connectivity index is 1.95. The Morgan fingerprint density at radius 1 is 1.44 bits per heavy atom. The van der Waals surface area contributed by atoms with E-state index in [1.54, 1.807) is 11.8 Å². The molecule has 6 heteroatoms. The maximum Gasteiger partial charge on any atom is 0.187 e. The molecule has 0 unspecified atom stereocenters. The molecule has 1 fully saturated rings. The van der Waals surface area contributed by atoms with Crippen LogP contribution in [0.4, 0.5) is 0 Å². The van der Waals surface area contributed by atoms with Crippen molar-refractivity contribution in [3.05, 3.63) is 17.5 Å². The lowest BCUT2D eigenvalue weighted by Gasteiger charge is -2.13. The molecule has 1 aliphatic rings. The van der Waals surface area contributed by atoms with Gasteiger partial charge >= 0.3 is 0 Å². The van der Waals surface area contributed by atoms with Crippen molar-refractivity contribution in [2.75, 3.05) is 5.75 Å².